The summed E-state index contributed by atoms with van der Waals surface area (Å²) in [4.78, 5) is 34.1. The van der Waals surface area contributed by atoms with Crippen LogP contribution < -0.4 is 10.6 Å². The van der Waals surface area contributed by atoms with Gasteiger partial charge in [-0.25, -0.2) is 4.79 Å². The minimum absolute atomic E-state index is 0.170. The van der Waals surface area contributed by atoms with Gasteiger partial charge < -0.3 is 20.5 Å². The van der Waals surface area contributed by atoms with Crippen LogP contribution in [0.3, 0.4) is 0 Å². The molecule has 1 aliphatic rings. The predicted molar refractivity (Wildman–Crippen MR) is 66.4 cm³/mol. The largest absolute Gasteiger partial charge is 0.479 e. The standard InChI is InChI=1S/C12H20N2O5/c1-12(2,11(18)13-3)6-14-9(15)7-4-5-8(19-7)10(16)17/h7-8H,4-6H2,1-3H3,(H,13,18)(H,14,15)(H,16,17)/t7-,8+/m0/s1. The van der Waals surface area contributed by atoms with Gasteiger partial charge in [0.2, 0.25) is 11.8 Å². The van der Waals surface area contributed by atoms with Gasteiger partial charge in [0, 0.05) is 13.6 Å². The SMILES string of the molecule is CNC(=O)C(C)(C)CNC(=O)[C@@H]1CC[C@H](C(=O)O)O1. The molecule has 0 aliphatic carbocycles. The van der Waals surface area contributed by atoms with E-state index in [0.29, 0.717) is 12.8 Å². The second kappa shape index (κ2) is 6.01. The zero-order chi connectivity index (χ0) is 14.6. The van der Waals surface area contributed by atoms with Crippen molar-refractivity contribution < 1.29 is 24.2 Å². The molecule has 7 nitrogen and oxygen atoms in total. The summed E-state index contributed by atoms with van der Waals surface area (Å²) in [5.74, 6) is -1.61. The highest BCUT2D eigenvalue weighted by atomic mass is 16.5. The van der Waals surface area contributed by atoms with Crippen LogP contribution in [0.5, 0.6) is 0 Å². The van der Waals surface area contributed by atoms with Crippen LogP contribution in [-0.2, 0) is 19.1 Å². The number of amides is 2. The monoisotopic (exact) mass is 272 g/mol. The highest BCUT2D eigenvalue weighted by Crippen LogP contribution is 2.20. The van der Waals surface area contributed by atoms with E-state index >= 15 is 0 Å². The third-order valence-electron chi connectivity index (χ3n) is 3.13. The number of carboxylic acid groups (broad SMARTS) is 1. The van der Waals surface area contributed by atoms with E-state index in [1.165, 1.54) is 7.05 Å². The molecule has 0 saturated carbocycles. The Morgan fingerprint density at radius 3 is 2.32 bits per heavy atom. The van der Waals surface area contributed by atoms with Gasteiger partial charge in [-0.05, 0) is 26.7 Å². The number of hydrogen-bond acceptors (Lipinski definition) is 4. The Bertz CT molecular complexity index is 380. The van der Waals surface area contributed by atoms with Crippen LogP contribution in [0.2, 0.25) is 0 Å². The van der Waals surface area contributed by atoms with Crippen molar-refractivity contribution in [1.82, 2.24) is 10.6 Å². The minimum atomic E-state index is -1.05. The summed E-state index contributed by atoms with van der Waals surface area (Å²) >= 11 is 0. The van der Waals surface area contributed by atoms with Crippen LogP contribution in [0.15, 0.2) is 0 Å². The summed E-state index contributed by atoms with van der Waals surface area (Å²) in [7, 11) is 1.53. The molecule has 1 aliphatic heterocycles. The summed E-state index contributed by atoms with van der Waals surface area (Å²) in [6.45, 7) is 3.59. The fraction of sp³-hybridized carbons (Fsp3) is 0.750. The quantitative estimate of drug-likeness (QED) is 0.626. The van der Waals surface area contributed by atoms with Gasteiger partial charge in [0.15, 0.2) is 6.10 Å². The van der Waals surface area contributed by atoms with Crippen LogP contribution in [0.4, 0.5) is 0 Å². The number of aliphatic carboxylic acids is 1. The van der Waals surface area contributed by atoms with E-state index < -0.39 is 23.6 Å². The highest BCUT2D eigenvalue weighted by Gasteiger charge is 2.35. The lowest BCUT2D eigenvalue weighted by Crippen LogP contribution is -2.46. The fourth-order valence-electron chi connectivity index (χ4n) is 1.85. The van der Waals surface area contributed by atoms with E-state index in [-0.39, 0.29) is 18.4 Å². The number of carbonyl (C=O) groups excluding carboxylic acids is 2. The Morgan fingerprint density at radius 2 is 1.84 bits per heavy atom. The smallest absolute Gasteiger partial charge is 0.332 e. The van der Waals surface area contributed by atoms with E-state index in [0.717, 1.165) is 0 Å². The number of ether oxygens (including phenoxy) is 1. The maximum atomic E-state index is 11.8. The van der Waals surface area contributed by atoms with Crippen molar-refractivity contribution in [3.63, 3.8) is 0 Å². The summed E-state index contributed by atoms with van der Waals surface area (Å²) < 4.78 is 5.12. The molecule has 0 bridgehead atoms. The van der Waals surface area contributed by atoms with E-state index in [4.69, 9.17) is 9.84 Å². The maximum absolute atomic E-state index is 11.8. The molecule has 0 unspecified atom stereocenters. The van der Waals surface area contributed by atoms with E-state index in [9.17, 15) is 14.4 Å². The second-order valence-electron chi connectivity index (χ2n) is 5.21. The molecule has 0 radical (unpaired) electrons. The van der Waals surface area contributed by atoms with Crippen molar-refractivity contribution in [2.45, 2.75) is 38.9 Å². The topological polar surface area (TPSA) is 105 Å². The van der Waals surface area contributed by atoms with Crippen molar-refractivity contribution in [1.29, 1.82) is 0 Å². The van der Waals surface area contributed by atoms with Crippen LogP contribution >= 0.6 is 0 Å². The number of nitrogens with one attached hydrogen (secondary N) is 2. The molecular formula is C12H20N2O5. The lowest BCUT2D eigenvalue weighted by molar-refractivity contribution is -0.151. The van der Waals surface area contributed by atoms with Crippen molar-refractivity contribution in [3.05, 3.63) is 0 Å². The fourth-order valence-corrected chi connectivity index (χ4v) is 1.85. The van der Waals surface area contributed by atoms with Gasteiger partial charge in [0.05, 0.1) is 5.41 Å². The van der Waals surface area contributed by atoms with Crippen molar-refractivity contribution in [3.8, 4) is 0 Å². The third-order valence-corrected chi connectivity index (χ3v) is 3.13. The Balaban J connectivity index is 2.45. The molecule has 2 amide bonds. The molecule has 1 fully saturated rings. The minimum Gasteiger partial charge on any atom is -0.479 e. The predicted octanol–water partition coefficient (Wildman–Crippen LogP) is -0.493. The third kappa shape index (κ3) is 3.92. The molecule has 2 atom stereocenters. The molecule has 0 aromatic carbocycles. The number of hydrogen-bond donors (Lipinski definition) is 3. The summed E-state index contributed by atoms with van der Waals surface area (Å²) in [5, 5.41) is 13.9. The molecule has 1 rings (SSSR count). The number of carbonyl (C=O) groups is 3. The molecule has 1 heterocycles. The Labute approximate surface area is 111 Å². The van der Waals surface area contributed by atoms with Crippen LogP contribution in [0.1, 0.15) is 26.7 Å². The lowest BCUT2D eigenvalue weighted by atomic mass is 9.92. The summed E-state index contributed by atoms with van der Waals surface area (Å²) in [6, 6.07) is 0. The van der Waals surface area contributed by atoms with E-state index in [2.05, 4.69) is 10.6 Å². The molecule has 0 aromatic rings. The first-order valence-electron chi connectivity index (χ1n) is 6.16. The first-order chi connectivity index (χ1) is 8.77. The maximum Gasteiger partial charge on any atom is 0.332 e. The number of rotatable bonds is 5. The van der Waals surface area contributed by atoms with Gasteiger partial charge in [0.25, 0.3) is 0 Å². The Morgan fingerprint density at radius 1 is 1.26 bits per heavy atom. The van der Waals surface area contributed by atoms with Crippen LogP contribution in [-0.4, -0.2) is 48.7 Å². The van der Waals surface area contributed by atoms with Gasteiger partial charge in [-0.2, -0.15) is 0 Å². The second-order valence-corrected chi connectivity index (χ2v) is 5.21. The van der Waals surface area contributed by atoms with Gasteiger partial charge >= 0.3 is 5.97 Å². The molecule has 0 aromatic heterocycles. The number of carboxylic acids is 1. The Hall–Kier alpha value is -1.63. The zero-order valence-electron chi connectivity index (χ0n) is 11.4. The molecule has 108 valence electrons. The van der Waals surface area contributed by atoms with Gasteiger partial charge in [0.1, 0.15) is 6.10 Å². The lowest BCUT2D eigenvalue weighted by Gasteiger charge is -2.23. The Kier molecular flexibility index (Phi) is 4.88. The van der Waals surface area contributed by atoms with Crippen LogP contribution in [0.25, 0.3) is 0 Å². The zero-order valence-corrected chi connectivity index (χ0v) is 11.4. The molecule has 0 spiro atoms. The highest BCUT2D eigenvalue weighted by molar-refractivity contribution is 5.85. The first-order valence-corrected chi connectivity index (χ1v) is 6.16. The summed E-state index contributed by atoms with van der Waals surface area (Å²) in [6.07, 6.45) is -0.959. The van der Waals surface area contributed by atoms with Crippen LogP contribution in [0, 0.1) is 5.41 Å². The molecule has 7 heteroatoms. The van der Waals surface area contributed by atoms with Crippen molar-refractivity contribution in [2.75, 3.05) is 13.6 Å². The average molecular weight is 272 g/mol. The first kappa shape index (κ1) is 15.4. The summed E-state index contributed by atoms with van der Waals surface area (Å²) in [5.41, 5.74) is -0.727. The van der Waals surface area contributed by atoms with E-state index in [1.807, 2.05) is 0 Å². The van der Waals surface area contributed by atoms with Gasteiger partial charge in [-0.15, -0.1) is 0 Å². The van der Waals surface area contributed by atoms with Crippen molar-refractivity contribution in [2.24, 2.45) is 5.41 Å². The molecular weight excluding hydrogens is 252 g/mol. The van der Waals surface area contributed by atoms with E-state index in [1.54, 1.807) is 13.8 Å². The normalized spacial score (nSPS) is 22.9. The van der Waals surface area contributed by atoms with Gasteiger partial charge in [-0.1, -0.05) is 0 Å². The van der Waals surface area contributed by atoms with Crippen molar-refractivity contribution >= 4 is 17.8 Å². The average Bonchev–Trinajstić information content (AvgIpc) is 2.84. The molecule has 19 heavy (non-hydrogen) atoms. The van der Waals surface area contributed by atoms with Gasteiger partial charge in [-0.3, -0.25) is 9.59 Å². The molecule has 1 saturated heterocycles. The molecule has 3 N–H and O–H groups in total.